The number of oxazole rings is 1. The van der Waals surface area contributed by atoms with Gasteiger partial charge in [0.05, 0.1) is 6.20 Å². The molecule has 4 nitrogen and oxygen atoms in total. The molecule has 0 amide bonds. The number of aromatic nitrogens is 1. The minimum absolute atomic E-state index is 0.140. The molecule has 3 rings (SSSR count). The molecule has 2 atom stereocenters. The van der Waals surface area contributed by atoms with Gasteiger partial charge < -0.3 is 14.5 Å². The third kappa shape index (κ3) is 2.53. The molecular formula is C13H20N2O2. The third-order valence-corrected chi connectivity index (χ3v) is 3.68. The second kappa shape index (κ2) is 5.19. The van der Waals surface area contributed by atoms with Crippen molar-refractivity contribution in [2.75, 3.05) is 19.7 Å². The van der Waals surface area contributed by atoms with Crippen LogP contribution in [0.25, 0.3) is 0 Å². The average molecular weight is 236 g/mol. The molecule has 1 aromatic heterocycles. The molecule has 17 heavy (non-hydrogen) atoms. The summed E-state index contributed by atoms with van der Waals surface area (Å²) in [7, 11) is 0. The molecule has 2 aliphatic heterocycles. The first-order valence-corrected chi connectivity index (χ1v) is 6.71. The Morgan fingerprint density at radius 1 is 1.24 bits per heavy atom. The molecular weight excluding hydrogens is 216 g/mol. The fourth-order valence-corrected chi connectivity index (χ4v) is 2.67. The van der Waals surface area contributed by atoms with Crippen LogP contribution in [0.1, 0.15) is 55.8 Å². The third-order valence-electron chi connectivity index (χ3n) is 3.68. The maximum atomic E-state index is 5.89. The number of ether oxygens (including phenoxy) is 1. The van der Waals surface area contributed by atoms with Gasteiger partial charge in [-0.1, -0.05) is 0 Å². The van der Waals surface area contributed by atoms with Crippen LogP contribution in [0.15, 0.2) is 10.6 Å². The Balaban J connectivity index is 1.68. The Morgan fingerprint density at radius 2 is 2.24 bits per heavy atom. The lowest BCUT2D eigenvalue weighted by Gasteiger charge is -2.21. The molecule has 0 radical (unpaired) electrons. The highest BCUT2D eigenvalue weighted by molar-refractivity contribution is 5.04. The van der Waals surface area contributed by atoms with Crippen LogP contribution in [0.2, 0.25) is 0 Å². The van der Waals surface area contributed by atoms with Crippen LogP contribution >= 0.6 is 0 Å². The molecule has 3 heterocycles. The van der Waals surface area contributed by atoms with Crippen LogP contribution in [0.5, 0.6) is 0 Å². The molecule has 0 spiro atoms. The van der Waals surface area contributed by atoms with E-state index in [1.54, 1.807) is 0 Å². The molecule has 2 fully saturated rings. The highest BCUT2D eigenvalue weighted by Gasteiger charge is 2.24. The van der Waals surface area contributed by atoms with Gasteiger partial charge in [-0.15, -0.1) is 0 Å². The maximum Gasteiger partial charge on any atom is 0.198 e. The Hall–Kier alpha value is -0.870. The van der Waals surface area contributed by atoms with Gasteiger partial charge in [0.2, 0.25) is 0 Å². The lowest BCUT2D eigenvalue weighted by molar-refractivity contribution is 0.000986. The van der Waals surface area contributed by atoms with Crippen LogP contribution in [0.4, 0.5) is 0 Å². The van der Waals surface area contributed by atoms with E-state index in [2.05, 4.69) is 10.3 Å². The van der Waals surface area contributed by atoms with Crippen LogP contribution in [-0.2, 0) is 4.74 Å². The highest BCUT2D eigenvalue weighted by Crippen LogP contribution is 2.30. The van der Waals surface area contributed by atoms with E-state index in [9.17, 15) is 0 Å². The van der Waals surface area contributed by atoms with E-state index < -0.39 is 0 Å². The van der Waals surface area contributed by atoms with Gasteiger partial charge >= 0.3 is 0 Å². The predicted octanol–water partition coefficient (Wildman–Crippen LogP) is 2.38. The van der Waals surface area contributed by atoms with Crippen molar-refractivity contribution in [3.63, 3.8) is 0 Å². The number of nitrogens with one attached hydrogen (secondary N) is 1. The van der Waals surface area contributed by atoms with Crippen LogP contribution < -0.4 is 5.32 Å². The zero-order valence-electron chi connectivity index (χ0n) is 10.2. The van der Waals surface area contributed by atoms with Crippen molar-refractivity contribution < 1.29 is 9.15 Å². The number of hydrogen-bond donors (Lipinski definition) is 1. The van der Waals surface area contributed by atoms with Gasteiger partial charge in [-0.25, -0.2) is 4.98 Å². The number of hydrogen-bond acceptors (Lipinski definition) is 4. The summed E-state index contributed by atoms with van der Waals surface area (Å²) in [6.07, 6.45) is 7.86. The van der Waals surface area contributed by atoms with Crippen molar-refractivity contribution in [3.05, 3.63) is 17.8 Å². The Kier molecular flexibility index (Phi) is 3.43. The van der Waals surface area contributed by atoms with E-state index >= 15 is 0 Å². The van der Waals surface area contributed by atoms with Crippen molar-refractivity contribution in [1.29, 1.82) is 0 Å². The number of piperidine rings is 1. The lowest BCUT2D eigenvalue weighted by atomic mass is 10.00. The van der Waals surface area contributed by atoms with E-state index in [-0.39, 0.29) is 6.10 Å². The Morgan fingerprint density at radius 3 is 3.00 bits per heavy atom. The molecule has 94 valence electrons. The molecule has 1 N–H and O–H groups in total. The lowest BCUT2D eigenvalue weighted by Crippen LogP contribution is -2.28. The second-order valence-electron chi connectivity index (χ2n) is 5.00. The van der Waals surface area contributed by atoms with Crippen molar-refractivity contribution >= 4 is 0 Å². The molecule has 2 unspecified atom stereocenters. The molecule has 4 heteroatoms. The Bertz CT molecular complexity index is 320. The van der Waals surface area contributed by atoms with E-state index in [1.807, 2.05) is 6.20 Å². The van der Waals surface area contributed by atoms with Gasteiger partial charge in [-0.05, 0) is 38.6 Å². The topological polar surface area (TPSA) is 47.3 Å². The molecule has 0 aromatic carbocycles. The summed E-state index contributed by atoms with van der Waals surface area (Å²) in [5.74, 6) is 2.26. The summed E-state index contributed by atoms with van der Waals surface area (Å²) in [4.78, 5) is 4.43. The predicted molar refractivity (Wildman–Crippen MR) is 63.9 cm³/mol. The molecule has 2 aliphatic rings. The summed E-state index contributed by atoms with van der Waals surface area (Å²) in [5, 5.41) is 3.39. The largest absolute Gasteiger partial charge is 0.443 e. The van der Waals surface area contributed by atoms with Crippen molar-refractivity contribution in [2.24, 2.45) is 0 Å². The zero-order chi connectivity index (χ0) is 11.5. The van der Waals surface area contributed by atoms with Crippen molar-refractivity contribution in [3.8, 4) is 0 Å². The summed E-state index contributed by atoms with van der Waals surface area (Å²) in [6.45, 7) is 2.97. The van der Waals surface area contributed by atoms with E-state index in [1.165, 1.54) is 25.7 Å². The first-order valence-electron chi connectivity index (χ1n) is 6.71. The highest BCUT2D eigenvalue weighted by atomic mass is 16.5. The van der Waals surface area contributed by atoms with E-state index in [4.69, 9.17) is 9.15 Å². The van der Waals surface area contributed by atoms with Gasteiger partial charge in [-0.3, -0.25) is 0 Å². The van der Waals surface area contributed by atoms with Crippen LogP contribution in [-0.4, -0.2) is 24.7 Å². The minimum Gasteiger partial charge on any atom is -0.443 e. The van der Waals surface area contributed by atoms with Gasteiger partial charge in [0.15, 0.2) is 11.7 Å². The van der Waals surface area contributed by atoms with Gasteiger partial charge in [0.1, 0.15) is 6.10 Å². The van der Waals surface area contributed by atoms with Gasteiger partial charge in [0, 0.05) is 19.1 Å². The molecule has 0 bridgehead atoms. The standard InChI is InChI=1S/C13H20N2O2/c1-2-7-16-11(5-1)12-9-15-13(17-12)10-4-3-6-14-8-10/h9-11,14H,1-8H2. The molecule has 2 saturated heterocycles. The second-order valence-corrected chi connectivity index (χ2v) is 5.00. The van der Waals surface area contributed by atoms with Gasteiger partial charge in [-0.2, -0.15) is 0 Å². The van der Waals surface area contributed by atoms with Crippen LogP contribution in [0.3, 0.4) is 0 Å². The Labute approximate surface area is 102 Å². The quantitative estimate of drug-likeness (QED) is 0.856. The summed E-state index contributed by atoms with van der Waals surface area (Å²) >= 11 is 0. The molecule has 0 aliphatic carbocycles. The summed E-state index contributed by atoms with van der Waals surface area (Å²) < 4.78 is 11.6. The minimum atomic E-state index is 0.140. The fourth-order valence-electron chi connectivity index (χ4n) is 2.67. The number of nitrogens with zero attached hydrogens (tertiary/aromatic N) is 1. The van der Waals surface area contributed by atoms with E-state index in [0.29, 0.717) is 5.92 Å². The summed E-state index contributed by atoms with van der Waals surface area (Å²) in [6, 6.07) is 0. The maximum absolute atomic E-state index is 5.89. The average Bonchev–Trinajstić information content (AvgIpc) is 2.90. The van der Waals surface area contributed by atoms with Crippen molar-refractivity contribution in [2.45, 2.75) is 44.1 Å². The van der Waals surface area contributed by atoms with Crippen molar-refractivity contribution in [1.82, 2.24) is 10.3 Å². The molecule has 1 aromatic rings. The van der Waals surface area contributed by atoms with E-state index in [0.717, 1.165) is 37.8 Å². The summed E-state index contributed by atoms with van der Waals surface area (Å²) in [5.41, 5.74) is 0. The number of rotatable bonds is 2. The smallest absolute Gasteiger partial charge is 0.198 e. The zero-order valence-corrected chi connectivity index (χ0v) is 10.2. The fraction of sp³-hybridized carbons (Fsp3) is 0.769. The van der Waals surface area contributed by atoms with Gasteiger partial charge in [0.25, 0.3) is 0 Å². The van der Waals surface area contributed by atoms with Crippen LogP contribution in [0, 0.1) is 0 Å². The normalized spacial score (nSPS) is 30.4. The first kappa shape index (κ1) is 11.2. The monoisotopic (exact) mass is 236 g/mol. The SMILES string of the molecule is c1nc(C2CCCNC2)oc1C1CCCCO1. The molecule has 0 saturated carbocycles. The first-order chi connectivity index (χ1) is 8.43.